The molecule has 8 heteroatoms. The second-order valence-electron chi connectivity index (χ2n) is 8.22. The van der Waals surface area contributed by atoms with Crippen molar-refractivity contribution >= 4 is 16.7 Å². The Balaban J connectivity index is 1.73. The van der Waals surface area contributed by atoms with Crippen LogP contribution in [0.3, 0.4) is 0 Å². The first-order valence-electron chi connectivity index (χ1n) is 10.1. The van der Waals surface area contributed by atoms with Crippen molar-refractivity contribution in [3.05, 3.63) is 54.7 Å². The van der Waals surface area contributed by atoms with Crippen LogP contribution in [-0.4, -0.2) is 45.7 Å². The Hall–Kier alpha value is -3.52. The van der Waals surface area contributed by atoms with Crippen molar-refractivity contribution in [1.29, 1.82) is 0 Å². The van der Waals surface area contributed by atoms with E-state index >= 15 is 0 Å². The predicted molar refractivity (Wildman–Crippen MR) is 118 cm³/mol. The topological polar surface area (TPSA) is 93.0 Å². The van der Waals surface area contributed by atoms with E-state index in [0.29, 0.717) is 29.3 Å². The summed E-state index contributed by atoms with van der Waals surface area (Å²) < 4.78 is 19.6. The smallest absolute Gasteiger partial charge is 0.213 e. The van der Waals surface area contributed by atoms with Crippen molar-refractivity contribution in [2.75, 3.05) is 25.1 Å². The highest BCUT2D eigenvalue weighted by molar-refractivity contribution is 5.91. The average Bonchev–Trinajstić information content (AvgIpc) is 3.37. The summed E-state index contributed by atoms with van der Waals surface area (Å²) in [4.78, 5) is 18.8. The quantitative estimate of drug-likeness (QED) is 0.524. The van der Waals surface area contributed by atoms with Gasteiger partial charge in [-0.3, -0.25) is 4.98 Å². The zero-order valence-electron chi connectivity index (χ0n) is 17.4. The minimum Gasteiger partial charge on any atom is -0.481 e. The van der Waals surface area contributed by atoms with E-state index in [0.717, 1.165) is 35.3 Å². The van der Waals surface area contributed by atoms with Gasteiger partial charge < -0.3 is 20.4 Å². The van der Waals surface area contributed by atoms with Crippen molar-refractivity contribution in [3.63, 3.8) is 0 Å². The number of ether oxygens (including phenoxy) is 1. The number of rotatable bonds is 4. The molecule has 1 aromatic carbocycles. The highest BCUT2D eigenvalue weighted by atomic mass is 19.1. The molecule has 1 saturated heterocycles. The molecule has 158 valence electrons. The van der Waals surface area contributed by atoms with Crippen molar-refractivity contribution in [3.8, 4) is 28.4 Å². The molecule has 1 aliphatic heterocycles. The summed E-state index contributed by atoms with van der Waals surface area (Å²) in [5.41, 5.74) is 10.7. The van der Waals surface area contributed by atoms with E-state index in [9.17, 15) is 4.39 Å². The summed E-state index contributed by atoms with van der Waals surface area (Å²) in [5, 5.41) is 0. The number of nitrogens with one attached hydrogen (secondary N) is 1. The first kappa shape index (κ1) is 19.4. The Bertz CT molecular complexity index is 1270. The van der Waals surface area contributed by atoms with Crippen LogP contribution in [0, 0.1) is 5.82 Å². The number of nitrogens with zero attached hydrogens (tertiary/aromatic N) is 4. The van der Waals surface area contributed by atoms with E-state index in [1.165, 1.54) is 6.07 Å². The van der Waals surface area contributed by atoms with Gasteiger partial charge in [-0.1, -0.05) is 6.07 Å². The number of para-hydroxylation sites is 1. The van der Waals surface area contributed by atoms with Crippen LogP contribution in [0.25, 0.3) is 33.5 Å². The van der Waals surface area contributed by atoms with Crippen LogP contribution in [0.15, 0.2) is 48.9 Å². The number of halogens is 1. The summed E-state index contributed by atoms with van der Waals surface area (Å²) in [7, 11) is 1.59. The lowest BCUT2D eigenvalue weighted by atomic mass is 10.0. The molecule has 3 N–H and O–H groups in total. The van der Waals surface area contributed by atoms with Crippen LogP contribution >= 0.6 is 0 Å². The van der Waals surface area contributed by atoms with Crippen molar-refractivity contribution in [2.45, 2.75) is 18.9 Å². The molecule has 0 saturated carbocycles. The van der Waals surface area contributed by atoms with E-state index < -0.39 is 0 Å². The molecule has 7 nitrogen and oxygen atoms in total. The summed E-state index contributed by atoms with van der Waals surface area (Å²) >= 11 is 0. The molecule has 4 aromatic rings. The number of methoxy groups -OCH3 is 1. The summed E-state index contributed by atoms with van der Waals surface area (Å²) in [6.07, 6.45) is 6.16. The second kappa shape index (κ2) is 7.31. The first-order chi connectivity index (χ1) is 14.9. The Morgan fingerprint density at radius 2 is 2.06 bits per heavy atom. The lowest BCUT2D eigenvalue weighted by Gasteiger charge is -2.26. The number of benzene rings is 1. The van der Waals surface area contributed by atoms with E-state index in [1.54, 1.807) is 25.6 Å². The number of aromatic nitrogens is 4. The SMILES string of the molecule is COc1cc(-c2cncc(-c3nc4c(F)cccc4[nH]3)c2N2CC[C@](C)(N)C2)ccn1. The lowest BCUT2D eigenvalue weighted by Crippen LogP contribution is -2.39. The molecule has 0 bridgehead atoms. The zero-order valence-corrected chi connectivity index (χ0v) is 17.4. The predicted octanol–water partition coefficient (Wildman–Crippen LogP) is 3.76. The van der Waals surface area contributed by atoms with Crippen LogP contribution in [0.5, 0.6) is 5.88 Å². The number of imidazole rings is 1. The number of aromatic amines is 1. The third-order valence-electron chi connectivity index (χ3n) is 5.71. The molecule has 5 rings (SSSR count). The summed E-state index contributed by atoms with van der Waals surface area (Å²) in [6.45, 7) is 3.54. The number of anilines is 1. The van der Waals surface area contributed by atoms with Crippen LogP contribution in [-0.2, 0) is 0 Å². The molecular formula is C23H23FN6O. The fourth-order valence-corrected chi connectivity index (χ4v) is 4.17. The Morgan fingerprint density at radius 1 is 1.23 bits per heavy atom. The van der Waals surface area contributed by atoms with Gasteiger partial charge in [0, 0.05) is 48.8 Å². The molecule has 0 aliphatic carbocycles. The van der Waals surface area contributed by atoms with Gasteiger partial charge in [-0.2, -0.15) is 0 Å². The number of H-pyrrole nitrogens is 1. The van der Waals surface area contributed by atoms with Crippen LogP contribution in [0.1, 0.15) is 13.3 Å². The molecule has 1 aliphatic rings. The van der Waals surface area contributed by atoms with E-state index in [1.807, 2.05) is 24.4 Å². The van der Waals surface area contributed by atoms with Gasteiger partial charge >= 0.3 is 0 Å². The van der Waals surface area contributed by atoms with Crippen LogP contribution in [0.4, 0.5) is 10.1 Å². The Morgan fingerprint density at radius 3 is 2.81 bits per heavy atom. The molecule has 0 radical (unpaired) electrons. The van der Waals surface area contributed by atoms with Crippen molar-refractivity contribution in [1.82, 2.24) is 19.9 Å². The normalized spacial score (nSPS) is 18.6. The Kier molecular flexibility index (Phi) is 4.59. The average molecular weight is 418 g/mol. The maximum atomic E-state index is 14.3. The van der Waals surface area contributed by atoms with Crippen LogP contribution in [0.2, 0.25) is 0 Å². The Labute approximate surface area is 179 Å². The van der Waals surface area contributed by atoms with E-state index in [-0.39, 0.29) is 11.4 Å². The third kappa shape index (κ3) is 3.48. The standard InChI is InChI=1S/C23H23FN6O/c1-23(25)7-9-30(13-23)21-15(14-6-8-27-19(10-14)31-2)11-26-12-16(21)22-28-18-5-3-4-17(24)20(18)29-22/h3-6,8,10-12H,7,9,13,25H2,1-2H3,(H,28,29)/t23-/m0/s1. The second-order valence-corrected chi connectivity index (χ2v) is 8.22. The molecule has 31 heavy (non-hydrogen) atoms. The maximum Gasteiger partial charge on any atom is 0.213 e. The highest BCUT2D eigenvalue weighted by Gasteiger charge is 2.33. The van der Waals surface area contributed by atoms with Gasteiger partial charge in [0.15, 0.2) is 5.82 Å². The summed E-state index contributed by atoms with van der Waals surface area (Å²) in [5.74, 6) is 0.723. The summed E-state index contributed by atoms with van der Waals surface area (Å²) in [6, 6.07) is 8.68. The van der Waals surface area contributed by atoms with Gasteiger partial charge in [0.05, 0.1) is 23.9 Å². The molecule has 0 spiro atoms. The fraction of sp³-hybridized carbons (Fsp3) is 0.261. The largest absolute Gasteiger partial charge is 0.481 e. The minimum absolute atomic E-state index is 0.298. The zero-order chi connectivity index (χ0) is 21.6. The first-order valence-corrected chi connectivity index (χ1v) is 10.1. The number of nitrogens with two attached hydrogens (primary N) is 1. The maximum absolute atomic E-state index is 14.3. The third-order valence-corrected chi connectivity index (χ3v) is 5.71. The number of hydrogen-bond donors (Lipinski definition) is 2. The van der Waals surface area contributed by atoms with Gasteiger partial charge in [-0.25, -0.2) is 14.4 Å². The number of fused-ring (bicyclic) bond motifs is 1. The highest BCUT2D eigenvalue weighted by Crippen LogP contribution is 2.41. The monoisotopic (exact) mass is 418 g/mol. The van der Waals surface area contributed by atoms with E-state index in [2.05, 4.69) is 31.8 Å². The molecule has 1 atom stereocenters. The molecule has 0 unspecified atom stereocenters. The van der Waals surface area contributed by atoms with Gasteiger partial charge in [-0.05, 0) is 37.1 Å². The van der Waals surface area contributed by atoms with Gasteiger partial charge in [0.1, 0.15) is 11.3 Å². The van der Waals surface area contributed by atoms with E-state index in [4.69, 9.17) is 10.5 Å². The van der Waals surface area contributed by atoms with Gasteiger partial charge in [-0.15, -0.1) is 0 Å². The van der Waals surface area contributed by atoms with Gasteiger partial charge in [0.25, 0.3) is 0 Å². The molecular weight excluding hydrogens is 395 g/mol. The molecule has 0 amide bonds. The van der Waals surface area contributed by atoms with Crippen LogP contribution < -0.4 is 15.4 Å². The van der Waals surface area contributed by atoms with Crippen molar-refractivity contribution in [2.24, 2.45) is 5.73 Å². The van der Waals surface area contributed by atoms with Gasteiger partial charge in [0.2, 0.25) is 5.88 Å². The molecule has 3 aromatic heterocycles. The fourth-order valence-electron chi connectivity index (χ4n) is 4.17. The van der Waals surface area contributed by atoms with Crippen molar-refractivity contribution < 1.29 is 9.13 Å². The number of pyridine rings is 2. The minimum atomic E-state index is -0.361. The molecule has 4 heterocycles. The lowest BCUT2D eigenvalue weighted by molar-refractivity contribution is 0.398. The number of hydrogen-bond acceptors (Lipinski definition) is 6. The molecule has 1 fully saturated rings.